The zero-order chi connectivity index (χ0) is 10.9. The number of hydrogen-bond acceptors (Lipinski definition) is 2. The molecule has 0 amide bonds. The van der Waals surface area contributed by atoms with Crippen molar-refractivity contribution < 1.29 is 4.79 Å². The smallest absolute Gasteiger partial charge is 0.148 e. The van der Waals surface area contributed by atoms with E-state index in [2.05, 4.69) is 18.7 Å². The second kappa shape index (κ2) is 4.25. The Balaban J connectivity index is 1.90. The van der Waals surface area contributed by atoms with Crippen molar-refractivity contribution in [3.63, 3.8) is 0 Å². The molecule has 2 aliphatic rings. The van der Waals surface area contributed by atoms with Crippen LogP contribution in [0.25, 0.3) is 0 Å². The van der Waals surface area contributed by atoms with Gasteiger partial charge in [0.2, 0.25) is 0 Å². The van der Waals surface area contributed by atoms with E-state index in [-0.39, 0.29) is 5.54 Å². The van der Waals surface area contributed by atoms with Gasteiger partial charge in [0, 0.05) is 18.5 Å². The van der Waals surface area contributed by atoms with Crippen molar-refractivity contribution >= 4 is 5.78 Å². The molecule has 0 atom stereocenters. The third-order valence-corrected chi connectivity index (χ3v) is 4.06. The predicted molar refractivity (Wildman–Crippen MR) is 61.9 cm³/mol. The van der Waals surface area contributed by atoms with Crippen LogP contribution in [0.2, 0.25) is 0 Å². The standard InChI is InChI=1S/C13H23NO/c1-13(2)8-12(15)10-14(13)9-11-6-4-3-5-7-11/h11H,3-10H2,1-2H3. The molecule has 1 saturated heterocycles. The Kier molecular flexibility index (Phi) is 3.15. The molecule has 0 bridgehead atoms. The Bertz CT molecular complexity index is 241. The maximum Gasteiger partial charge on any atom is 0.148 e. The lowest BCUT2D eigenvalue weighted by Crippen LogP contribution is -2.41. The fourth-order valence-electron chi connectivity index (χ4n) is 3.07. The van der Waals surface area contributed by atoms with Gasteiger partial charge in [0.05, 0.1) is 6.54 Å². The summed E-state index contributed by atoms with van der Waals surface area (Å²) < 4.78 is 0. The van der Waals surface area contributed by atoms with Crippen LogP contribution < -0.4 is 0 Å². The lowest BCUT2D eigenvalue weighted by Gasteiger charge is -2.34. The van der Waals surface area contributed by atoms with Crippen LogP contribution in [0.15, 0.2) is 0 Å². The van der Waals surface area contributed by atoms with Crippen molar-refractivity contribution in [3.05, 3.63) is 0 Å². The Morgan fingerprint density at radius 1 is 1.27 bits per heavy atom. The highest BCUT2D eigenvalue weighted by Crippen LogP contribution is 2.31. The summed E-state index contributed by atoms with van der Waals surface area (Å²) in [6.45, 7) is 6.27. The minimum atomic E-state index is 0.120. The summed E-state index contributed by atoms with van der Waals surface area (Å²) in [5, 5.41) is 0. The zero-order valence-electron chi connectivity index (χ0n) is 10.1. The van der Waals surface area contributed by atoms with Gasteiger partial charge in [-0.1, -0.05) is 19.3 Å². The summed E-state index contributed by atoms with van der Waals surface area (Å²) in [4.78, 5) is 13.9. The van der Waals surface area contributed by atoms with E-state index >= 15 is 0 Å². The third kappa shape index (κ3) is 2.60. The number of rotatable bonds is 2. The van der Waals surface area contributed by atoms with E-state index in [4.69, 9.17) is 0 Å². The van der Waals surface area contributed by atoms with E-state index in [1.807, 2.05) is 0 Å². The van der Waals surface area contributed by atoms with E-state index in [0.29, 0.717) is 12.3 Å². The van der Waals surface area contributed by atoms with Crippen molar-refractivity contribution in [2.75, 3.05) is 13.1 Å². The lowest BCUT2D eigenvalue weighted by atomic mass is 9.88. The highest BCUT2D eigenvalue weighted by molar-refractivity contribution is 5.84. The maximum absolute atomic E-state index is 11.5. The van der Waals surface area contributed by atoms with E-state index in [1.54, 1.807) is 0 Å². The second-order valence-electron chi connectivity index (χ2n) is 5.91. The van der Waals surface area contributed by atoms with Crippen LogP contribution in [0.1, 0.15) is 52.4 Å². The molecule has 0 unspecified atom stereocenters. The summed E-state index contributed by atoms with van der Waals surface area (Å²) >= 11 is 0. The van der Waals surface area contributed by atoms with Gasteiger partial charge >= 0.3 is 0 Å². The van der Waals surface area contributed by atoms with E-state index in [1.165, 1.54) is 32.1 Å². The summed E-state index contributed by atoms with van der Waals surface area (Å²) in [6, 6.07) is 0. The quantitative estimate of drug-likeness (QED) is 0.697. The Hall–Kier alpha value is -0.370. The third-order valence-electron chi connectivity index (χ3n) is 4.06. The van der Waals surface area contributed by atoms with Gasteiger partial charge in [-0.3, -0.25) is 9.69 Å². The Morgan fingerprint density at radius 3 is 2.47 bits per heavy atom. The minimum absolute atomic E-state index is 0.120. The van der Waals surface area contributed by atoms with Crippen molar-refractivity contribution in [3.8, 4) is 0 Å². The van der Waals surface area contributed by atoms with Crippen LogP contribution in [0.5, 0.6) is 0 Å². The van der Waals surface area contributed by atoms with Gasteiger partial charge in [0.25, 0.3) is 0 Å². The number of likely N-dealkylation sites (tertiary alicyclic amines) is 1. The molecule has 86 valence electrons. The number of nitrogens with zero attached hydrogens (tertiary/aromatic N) is 1. The first-order valence-corrected chi connectivity index (χ1v) is 6.35. The van der Waals surface area contributed by atoms with Crippen LogP contribution in [-0.2, 0) is 4.79 Å². The molecule has 15 heavy (non-hydrogen) atoms. The molecule has 0 radical (unpaired) electrons. The molecule has 0 aromatic carbocycles. The molecule has 0 aromatic heterocycles. The molecule has 2 fully saturated rings. The Morgan fingerprint density at radius 2 is 1.93 bits per heavy atom. The van der Waals surface area contributed by atoms with Crippen LogP contribution in [0.4, 0.5) is 0 Å². The van der Waals surface area contributed by atoms with E-state index < -0.39 is 0 Å². The van der Waals surface area contributed by atoms with Gasteiger partial charge in [-0.15, -0.1) is 0 Å². The molecular formula is C13H23NO. The van der Waals surface area contributed by atoms with Gasteiger partial charge in [-0.2, -0.15) is 0 Å². The fraction of sp³-hybridized carbons (Fsp3) is 0.923. The first-order valence-electron chi connectivity index (χ1n) is 6.35. The van der Waals surface area contributed by atoms with Crippen LogP contribution in [-0.4, -0.2) is 29.3 Å². The van der Waals surface area contributed by atoms with Crippen LogP contribution in [0, 0.1) is 5.92 Å². The van der Waals surface area contributed by atoms with Crippen molar-refractivity contribution in [2.24, 2.45) is 5.92 Å². The number of carbonyl (C=O) groups excluding carboxylic acids is 1. The van der Waals surface area contributed by atoms with Gasteiger partial charge in [0.15, 0.2) is 0 Å². The number of hydrogen-bond donors (Lipinski definition) is 0. The van der Waals surface area contributed by atoms with Gasteiger partial charge < -0.3 is 0 Å². The highest BCUT2D eigenvalue weighted by Gasteiger charge is 2.38. The highest BCUT2D eigenvalue weighted by atomic mass is 16.1. The fourth-order valence-corrected chi connectivity index (χ4v) is 3.07. The van der Waals surface area contributed by atoms with E-state index in [0.717, 1.165) is 18.9 Å². The molecule has 1 heterocycles. The Labute approximate surface area is 93.0 Å². The summed E-state index contributed by atoms with van der Waals surface area (Å²) in [7, 11) is 0. The maximum atomic E-state index is 11.5. The minimum Gasteiger partial charge on any atom is -0.298 e. The molecular weight excluding hydrogens is 186 g/mol. The topological polar surface area (TPSA) is 20.3 Å². The van der Waals surface area contributed by atoms with Crippen LogP contribution >= 0.6 is 0 Å². The lowest BCUT2D eigenvalue weighted by molar-refractivity contribution is -0.117. The SMILES string of the molecule is CC1(C)CC(=O)CN1CC1CCCCC1. The molecule has 2 nitrogen and oxygen atoms in total. The number of carbonyl (C=O) groups is 1. The van der Waals surface area contributed by atoms with Crippen molar-refractivity contribution in [2.45, 2.75) is 57.9 Å². The predicted octanol–water partition coefficient (Wildman–Crippen LogP) is 2.62. The summed E-state index contributed by atoms with van der Waals surface area (Å²) in [6.07, 6.45) is 7.71. The monoisotopic (exact) mass is 209 g/mol. The molecule has 1 aliphatic heterocycles. The number of ketones is 1. The van der Waals surface area contributed by atoms with Crippen LogP contribution in [0.3, 0.4) is 0 Å². The average Bonchev–Trinajstić information content (AvgIpc) is 2.41. The average molecular weight is 209 g/mol. The van der Waals surface area contributed by atoms with Crippen molar-refractivity contribution in [1.29, 1.82) is 0 Å². The second-order valence-corrected chi connectivity index (χ2v) is 5.91. The first-order chi connectivity index (χ1) is 7.08. The molecule has 0 spiro atoms. The van der Waals surface area contributed by atoms with Gasteiger partial charge in [0.1, 0.15) is 5.78 Å². The largest absolute Gasteiger partial charge is 0.298 e. The zero-order valence-corrected chi connectivity index (χ0v) is 10.1. The number of Topliss-reactive ketones (excluding diaryl/α,β-unsaturated/α-hetero) is 1. The van der Waals surface area contributed by atoms with Gasteiger partial charge in [-0.25, -0.2) is 0 Å². The molecule has 2 rings (SSSR count). The molecule has 1 aliphatic carbocycles. The summed E-state index contributed by atoms with van der Waals surface area (Å²) in [5.41, 5.74) is 0.120. The normalized spacial score (nSPS) is 28.5. The van der Waals surface area contributed by atoms with Crippen molar-refractivity contribution in [1.82, 2.24) is 4.90 Å². The first kappa shape index (κ1) is 11.1. The molecule has 0 aromatic rings. The molecule has 1 saturated carbocycles. The molecule has 2 heteroatoms. The molecule has 0 N–H and O–H groups in total. The van der Waals surface area contributed by atoms with E-state index in [9.17, 15) is 4.79 Å². The van der Waals surface area contributed by atoms with Gasteiger partial charge in [-0.05, 0) is 32.6 Å². The summed E-state index contributed by atoms with van der Waals surface area (Å²) in [5.74, 6) is 1.28.